The molecule has 1 aliphatic rings. The summed E-state index contributed by atoms with van der Waals surface area (Å²) in [6.07, 6.45) is -5.09. The summed E-state index contributed by atoms with van der Waals surface area (Å²) in [5.41, 5.74) is 4.95. The van der Waals surface area contributed by atoms with E-state index in [-0.39, 0.29) is 13.1 Å². The second kappa shape index (κ2) is 4.66. The first-order valence-electron chi connectivity index (χ1n) is 4.38. The average molecular weight is 241 g/mol. The Kier molecular flexibility index (Phi) is 3.70. The quantitative estimate of drug-likeness (QED) is 0.632. The number of rotatable bonds is 2. The van der Waals surface area contributed by atoms with Gasteiger partial charge in [-0.25, -0.2) is 4.79 Å². The van der Waals surface area contributed by atoms with Gasteiger partial charge in [-0.1, -0.05) is 0 Å². The number of hydroxylamine groups is 2. The van der Waals surface area contributed by atoms with Crippen LogP contribution in [0.2, 0.25) is 0 Å². The predicted octanol–water partition coefficient (Wildman–Crippen LogP) is -1.23. The van der Waals surface area contributed by atoms with Crippen LogP contribution < -0.4 is 11.1 Å². The molecule has 16 heavy (non-hydrogen) atoms. The van der Waals surface area contributed by atoms with Gasteiger partial charge < -0.3 is 15.9 Å². The molecule has 1 unspecified atom stereocenters. The number of nitrogens with zero attached hydrogens (tertiary/aromatic N) is 1. The fourth-order valence-corrected chi connectivity index (χ4v) is 1.20. The van der Waals surface area contributed by atoms with Gasteiger partial charge >= 0.3 is 12.1 Å². The van der Waals surface area contributed by atoms with Gasteiger partial charge in [-0.3, -0.25) is 4.79 Å². The Morgan fingerprint density at radius 2 is 2.06 bits per heavy atom. The van der Waals surface area contributed by atoms with Crippen molar-refractivity contribution in [1.82, 2.24) is 10.4 Å². The van der Waals surface area contributed by atoms with Gasteiger partial charge in [0.2, 0.25) is 5.91 Å². The van der Waals surface area contributed by atoms with E-state index >= 15 is 0 Å². The standard InChI is InChI=1S/C7H10F3N3O3/c8-7(9,10)6(15)16-13-2-1-12-3-4(13)5(11)14/h4,12H,1-3H2,(H2,11,14). The van der Waals surface area contributed by atoms with Crippen LogP contribution in [-0.2, 0) is 14.4 Å². The molecule has 0 aromatic carbocycles. The summed E-state index contributed by atoms with van der Waals surface area (Å²) >= 11 is 0. The van der Waals surface area contributed by atoms with Gasteiger partial charge in [0.1, 0.15) is 6.04 Å². The van der Waals surface area contributed by atoms with Crippen LogP contribution in [0.25, 0.3) is 0 Å². The number of amides is 1. The van der Waals surface area contributed by atoms with Crippen LogP contribution in [0.1, 0.15) is 0 Å². The van der Waals surface area contributed by atoms with Crippen molar-refractivity contribution in [3.8, 4) is 0 Å². The van der Waals surface area contributed by atoms with Gasteiger partial charge in [0.25, 0.3) is 0 Å². The van der Waals surface area contributed by atoms with E-state index in [1.54, 1.807) is 0 Å². The Morgan fingerprint density at radius 1 is 1.44 bits per heavy atom. The minimum absolute atomic E-state index is 0.0323. The minimum Gasteiger partial charge on any atom is -0.368 e. The number of nitrogens with two attached hydrogens (primary N) is 1. The van der Waals surface area contributed by atoms with Gasteiger partial charge in [-0.05, 0) is 0 Å². The van der Waals surface area contributed by atoms with E-state index in [1.807, 2.05) is 0 Å². The smallest absolute Gasteiger partial charge is 0.368 e. The van der Waals surface area contributed by atoms with Crippen molar-refractivity contribution < 1.29 is 27.6 Å². The molecule has 1 atom stereocenters. The largest absolute Gasteiger partial charge is 0.492 e. The maximum absolute atomic E-state index is 11.9. The fraction of sp³-hybridized carbons (Fsp3) is 0.714. The first kappa shape index (κ1) is 12.7. The van der Waals surface area contributed by atoms with Gasteiger partial charge in [0.05, 0.1) is 0 Å². The summed E-state index contributed by atoms with van der Waals surface area (Å²) in [7, 11) is 0. The summed E-state index contributed by atoms with van der Waals surface area (Å²) < 4.78 is 35.7. The first-order valence-corrected chi connectivity index (χ1v) is 4.38. The number of hydrogen-bond donors (Lipinski definition) is 2. The van der Waals surface area contributed by atoms with E-state index in [4.69, 9.17) is 5.73 Å². The molecule has 1 saturated heterocycles. The number of carbonyl (C=O) groups excluding carboxylic acids is 2. The van der Waals surface area contributed by atoms with Crippen LogP contribution in [-0.4, -0.2) is 48.8 Å². The molecule has 0 aromatic rings. The Hall–Kier alpha value is -1.35. The molecule has 0 radical (unpaired) electrons. The summed E-state index contributed by atoms with van der Waals surface area (Å²) in [6, 6.07) is -1.08. The van der Waals surface area contributed by atoms with Crippen LogP contribution in [0.4, 0.5) is 13.2 Å². The predicted molar refractivity (Wildman–Crippen MR) is 44.7 cm³/mol. The summed E-state index contributed by atoms with van der Waals surface area (Å²) in [5.74, 6) is -3.22. The maximum atomic E-state index is 11.9. The van der Waals surface area contributed by atoms with E-state index in [2.05, 4.69) is 10.2 Å². The molecule has 92 valence electrons. The molecule has 0 aromatic heterocycles. The number of carbonyl (C=O) groups is 2. The lowest BCUT2D eigenvalue weighted by Crippen LogP contribution is -2.57. The molecule has 0 saturated carbocycles. The van der Waals surface area contributed by atoms with E-state index in [9.17, 15) is 22.8 Å². The van der Waals surface area contributed by atoms with Crippen molar-refractivity contribution in [3.05, 3.63) is 0 Å². The molecule has 3 N–H and O–H groups in total. The van der Waals surface area contributed by atoms with Crippen LogP contribution in [0.15, 0.2) is 0 Å². The van der Waals surface area contributed by atoms with E-state index < -0.39 is 24.1 Å². The molecule has 0 spiro atoms. The number of primary amides is 1. The third-order valence-electron chi connectivity index (χ3n) is 1.95. The molecule has 1 fully saturated rings. The number of nitrogens with one attached hydrogen (secondary N) is 1. The lowest BCUT2D eigenvalue weighted by atomic mass is 10.2. The average Bonchev–Trinajstić information content (AvgIpc) is 2.16. The highest BCUT2D eigenvalue weighted by Gasteiger charge is 2.44. The highest BCUT2D eigenvalue weighted by atomic mass is 19.4. The lowest BCUT2D eigenvalue weighted by Gasteiger charge is -2.32. The summed E-state index contributed by atoms with van der Waals surface area (Å²) in [6.45, 7) is 0.310. The van der Waals surface area contributed by atoms with E-state index in [1.165, 1.54) is 0 Å². The number of piperazine rings is 1. The third kappa shape index (κ3) is 3.07. The first-order chi connectivity index (χ1) is 7.32. The monoisotopic (exact) mass is 241 g/mol. The van der Waals surface area contributed by atoms with Gasteiger partial charge in [-0.15, -0.1) is 5.06 Å². The molecule has 1 aliphatic heterocycles. The zero-order valence-electron chi connectivity index (χ0n) is 8.08. The highest BCUT2D eigenvalue weighted by molar-refractivity contribution is 5.81. The van der Waals surface area contributed by atoms with Crippen molar-refractivity contribution in [2.75, 3.05) is 19.6 Å². The topological polar surface area (TPSA) is 84.7 Å². The number of alkyl halides is 3. The van der Waals surface area contributed by atoms with Gasteiger partial charge in [0, 0.05) is 19.6 Å². The van der Waals surface area contributed by atoms with Crippen molar-refractivity contribution >= 4 is 11.9 Å². The fourth-order valence-electron chi connectivity index (χ4n) is 1.20. The van der Waals surface area contributed by atoms with E-state index in [0.717, 1.165) is 0 Å². The molecule has 1 amide bonds. The molecule has 0 bridgehead atoms. The maximum Gasteiger partial charge on any atom is 0.492 e. The van der Waals surface area contributed by atoms with Crippen molar-refractivity contribution in [3.63, 3.8) is 0 Å². The Morgan fingerprint density at radius 3 is 2.56 bits per heavy atom. The van der Waals surface area contributed by atoms with Crippen molar-refractivity contribution in [1.29, 1.82) is 0 Å². The Labute approximate surface area is 88.5 Å². The SMILES string of the molecule is NC(=O)C1CNCCN1OC(=O)C(F)(F)F. The van der Waals surface area contributed by atoms with E-state index in [0.29, 0.717) is 11.6 Å². The number of hydrogen-bond acceptors (Lipinski definition) is 5. The van der Waals surface area contributed by atoms with Crippen LogP contribution >= 0.6 is 0 Å². The van der Waals surface area contributed by atoms with Crippen LogP contribution in [0.5, 0.6) is 0 Å². The second-order valence-corrected chi connectivity index (χ2v) is 3.14. The molecule has 1 heterocycles. The van der Waals surface area contributed by atoms with Crippen molar-refractivity contribution in [2.24, 2.45) is 5.73 Å². The van der Waals surface area contributed by atoms with Crippen LogP contribution in [0, 0.1) is 0 Å². The zero-order valence-corrected chi connectivity index (χ0v) is 8.08. The van der Waals surface area contributed by atoms with Gasteiger partial charge in [0.15, 0.2) is 0 Å². The Balaban J connectivity index is 2.63. The third-order valence-corrected chi connectivity index (χ3v) is 1.95. The summed E-state index contributed by atoms with van der Waals surface area (Å²) in [5, 5.41) is 3.39. The minimum atomic E-state index is -5.09. The zero-order chi connectivity index (χ0) is 12.3. The number of halogens is 3. The molecule has 1 rings (SSSR count). The van der Waals surface area contributed by atoms with Crippen LogP contribution in [0.3, 0.4) is 0 Å². The normalized spacial score (nSPS) is 22.8. The summed E-state index contributed by atoms with van der Waals surface area (Å²) in [4.78, 5) is 25.5. The second-order valence-electron chi connectivity index (χ2n) is 3.14. The molecular weight excluding hydrogens is 231 g/mol. The Bertz CT molecular complexity index is 294. The molecule has 6 nitrogen and oxygen atoms in total. The van der Waals surface area contributed by atoms with Crippen molar-refractivity contribution in [2.45, 2.75) is 12.2 Å². The molecule has 9 heteroatoms. The molecule has 0 aliphatic carbocycles. The lowest BCUT2D eigenvalue weighted by molar-refractivity contribution is -0.247. The molecular formula is C7H10F3N3O3. The highest BCUT2D eigenvalue weighted by Crippen LogP contribution is 2.18. The van der Waals surface area contributed by atoms with Gasteiger partial charge in [-0.2, -0.15) is 13.2 Å².